The molecule has 0 unspecified atom stereocenters. The van der Waals surface area contributed by atoms with Gasteiger partial charge in [-0.25, -0.2) is 4.84 Å². The molecule has 4 aromatic rings. The van der Waals surface area contributed by atoms with Crippen LogP contribution in [0, 0.1) is 0 Å². The lowest BCUT2D eigenvalue weighted by atomic mass is 9.78. The molecule has 0 spiro atoms. The molecule has 1 fully saturated rings. The summed E-state index contributed by atoms with van der Waals surface area (Å²) in [5.41, 5.74) is 15.6. The van der Waals surface area contributed by atoms with Gasteiger partial charge in [0, 0.05) is 22.8 Å². The Hall–Kier alpha value is -3.18. The Labute approximate surface area is 222 Å². The molecule has 186 valence electrons. The fourth-order valence-electron chi connectivity index (χ4n) is 5.99. The van der Waals surface area contributed by atoms with E-state index in [0.29, 0.717) is 0 Å². The minimum atomic E-state index is -0.160. The van der Waals surface area contributed by atoms with E-state index in [1.54, 1.807) is 11.1 Å². The lowest BCUT2D eigenvalue weighted by molar-refractivity contribution is -0.145. The van der Waals surface area contributed by atoms with Gasteiger partial charge in [-0.05, 0) is 107 Å². The minimum absolute atomic E-state index is 0.160. The first kappa shape index (κ1) is 23.0. The number of thiophene rings is 1. The zero-order valence-corrected chi connectivity index (χ0v) is 21.8. The van der Waals surface area contributed by atoms with Crippen molar-refractivity contribution in [1.82, 2.24) is 0 Å². The first-order valence-electron chi connectivity index (χ1n) is 13.5. The van der Waals surface area contributed by atoms with Crippen molar-refractivity contribution >= 4 is 28.7 Å². The predicted octanol–water partition coefficient (Wildman–Crippen LogP) is 8.54. The Morgan fingerprint density at radius 1 is 0.784 bits per heavy atom. The molecule has 1 aliphatic heterocycles. The maximum Gasteiger partial charge on any atom is 0.183 e. The average molecular weight is 506 g/mol. The molecule has 37 heavy (non-hydrogen) atoms. The van der Waals surface area contributed by atoms with Gasteiger partial charge in [-0.3, -0.25) is 5.48 Å². The van der Waals surface area contributed by atoms with Gasteiger partial charge >= 0.3 is 0 Å². The Morgan fingerprint density at radius 2 is 1.70 bits per heavy atom. The molecule has 7 rings (SSSR count). The van der Waals surface area contributed by atoms with E-state index in [1.165, 1.54) is 43.1 Å². The van der Waals surface area contributed by atoms with E-state index in [2.05, 4.69) is 78.3 Å². The molecule has 0 saturated carbocycles. The minimum Gasteiger partial charge on any atom is -0.350 e. The van der Waals surface area contributed by atoms with Crippen LogP contribution in [-0.4, -0.2) is 12.9 Å². The maximum atomic E-state index is 5.77. The van der Waals surface area contributed by atoms with Crippen LogP contribution in [0.2, 0.25) is 0 Å². The van der Waals surface area contributed by atoms with Crippen LogP contribution in [-0.2, 0) is 28.8 Å². The molecule has 3 aromatic carbocycles. The Morgan fingerprint density at radius 3 is 2.65 bits per heavy atom. The molecule has 3 aliphatic rings. The molecule has 0 radical (unpaired) electrons. The molecule has 0 amide bonds. The third-order valence-corrected chi connectivity index (χ3v) is 9.12. The Balaban J connectivity index is 1.11. The van der Waals surface area contributed by atoms with E-state index >= 15 is 0 Å². The van der Waals surface area contributed by atoms with Crippen molar-refractivity contribution in [2.75, 3.05) is 12.1 Å². The van der Waals surface area contributed by atoms with Gasteiger partial charge in [0.15, 0.2) is 6.29 Å². The topological polar surface area (TPSA) is 30.5 Å². The third kappa shape index (κ3) is 4.54. The van der Waals surface area contributed by atoms with Crippen molar-refractivity contribution in [3.05, 3.63) is 99.9 Å². The molecule has 1 N–H and O–H groups in total. The summed E-state index contributed by atoms with van der Waals surface area (Å²) in [4.78, 5) is 8.42. The van der Waals surface area contributed by atoms with E-state index in [1.807, 2.05) is 17.4 Å². The van der Waals surface area contributed by atoms with E-state index < -0.39 is 0 Å². The van der Waals surface area contributed by atoms with Crippen LogP contribution >= 0.6 is 11.3 Å². The monoisotopic (exact) mass is 505 g/mol. The molecule has 2 heterocycles. The second-order valence-corrected chi connectivity index (χ2v) is 11.3. The van der Waals surface area contributed by atoms with Gasteiger partial charge in [0.2, 0.25) is 0 Å². The quantitative estimate of drug-likeness (QED) is 0.276. The van der Waals surface area contributed by atoms with Crippen LogP contribution in [0.3, 0.4) is 0 Å². The number of ether oxygens (including phenoxy) is 1. The summed E-state index contributed by atoms with van der Waals surface area (Å²) in [6, 6.07) is 26.6. The van der Waals surface area contributed by atoms with E-state index in [4.69, 9.17) is 9.57 Å². The smallest absolute Gasteiger partial charge is 0.183 e. The van der Waals surface area contributed by atoms with Crippen molar-refractivity contribution in [3.8, 4) is 21.6 Å². The second kappa shape index (κ2) is 9.94. The standard InChI is InChI=1S/C33H31NO2S/c1-2-9-27-22(6-1)11-15-30-28-14-13-25(20-23(28)12-16-29(27)30)32-18-17-31(37-32)24-7-5-8-26(21-24)34-36-33-10-3-4-19-35-33/h1-2,5-9,12,16-18,20-21,33-34H,3-4,10-11,13-15,19H2/t33-/m0/s1. The van der Waals surface area contributed by atoms with Crippen molar-refractivity contribution in [3.63, 3.8) is 0 Å². The summed E-state index contributed by atoms with van der Waals surface area (Å²) in [6.07, 6.45) is 10.0. The molecule has 1 aromatic heterocycles. The Bertz CT molecular complexity index is 1480. The number of hydrogen-bond donors (Lipinski definition) is 1. The Kier molecular flexibility index (Phi) is 6.17. The van der Waals surface area contributed by atoms with Gasteiger partial charge in [-0.2, -0.15) is 0 Å². The number of benzene rings is 3. The van der Waals surface area contributed by atoms with E-state index in [0.717, 1.165) is 57.2 Å². The maximum absolute atomic E-state index is 5.77. The number of fused-ring (bicyclic) bond motifs is 5. The second-order valence-electron chi connectivity index (χ2n) is 10.2. The number of nitrogens with one attached hydrogen (secondary N) is 1. The van der Waals surface area contributed by atoms with Crippen LogP contribution in [0.5, 0.6) is 0 Å². The van der Waals surface area contributed by atoms with Gasteiger partial charge in [0.25, 0.3) is 0 Å². The summed E-state index contributed by atoms with van der Waals surface area (Å²) in [5, 5.41) is 0. The first-order valence-corrected chi connectivity index (χ1v) is 14.3. The number of aryl methyl sites for hydroxylation is 1. The molecule has 0 bridgehead atoms. The van der Waals surface area contributed by atoms with Crippen molar-refractivity contribution in [1.29, 1.82) is 0 Å². The highest BCUT2D eigenvalue weighted by Gasteiger charge is 2.23. The molecule has 4 heteroatoms. The molecular weight excluding hydrogens is 474 g/mol. The average Bonchev–Trinajstić information content (AvgIpc) is 3.47. The molecule has 3 nitrogen and oxygen atoms in total. The molecule has 1 saturated heterocycles. The van der Waals surface area contributed by atoms with Crippen LogP contribution in [0.15, 0.2) is 72.8 Å². The lowest BCUT2D eigenvalue weighted by Gasteiger charge is -2.26. The molecular formula is C33H31NO2S. The normalized spacial score (nSPS) is 18.4. The van der Waals surface area contributed by atoms with Gasteiger partial charge in [0.05, 0.1) is 5.69 Å². The molecule has 1 atom stereocenters. The van der Waals surface area contributed by atoms with Gasteiger partial charge in [0.1, 0.15) is 0 Å². The zero-order valence-electron chi connectivity index (χ0n) is 21.0. The summed E-state index contributed by atoms with van der Waals surface area (Å²) in [6.45, 7) is 0.779. The van der Waals surface area contributed by atoms with Crippen LogP contribution in [0.1, 0.15) is 52.8 Å². The zero-order chi connectivity index (χ0) is 24.6. The fraction of sp³-hybridized carbons (Fsp3) is 0.273. The number of hydrogen-bond acceptors (Lipinski definition) is 4. The molecule has 2 aliphatic carbocycles. The number of allylic oxidation sites excluding steroid dienone is 1. The predicted molar refractivity (Wildman–Crippen MR) is 154 cm³/mol. The van der Waals surface area contributed by atoms with Crippen LogP contribution < -0.4 is 5.48 Å². The lowest BCUT2D eigenvalue weighted by Crippen LogP contribution is -2.24. The number of anilines is 1. The van der Waals surface area contributed by atoms with Crippen molar-refractivity contribution in [2.24, 2.45) is 0 Å². The SMILES string of the molecule is C1=C(c2ccc(-c3cccc(NO[C@H]4CCCCO4)c3)s2)CCc2c1ccc1c2CCc2ccccc2-1. The fourth-order valence-corrected chi connectivity index (χ4v) is 7.04. The van der Waals surface area contributed by atoms with Crippen LogP contribution in [0.4, 0.5) is 5.69 Å². The summed E-state index contributed by atoms with van der Waals surface area (Å²) >= 11 is 1.88. The van der Waals surface area contributed by atoms with Crippen LogP contribution in [0.25, 0.3) is 33.2 Å². The highest BCUT2D eigenvalue weighted by molar-refractivity contribution is 7.16. The van der Waals surface area contributed by atoms with E-state index in [-0.39, 0.29) is 6.29 Å². The third-order valence-electron chi connectivity index (χ3n) is 7.91. The van der Waals surface area contributed by atoms with Gasteiger partial charge < -0.3 is 4.74 Å². The highest BCUT2D eigenvalue weighted by Crippen LogP contribution is 2.42. The van der Waals surface area contributed by atoms with Crippen molar-refractivity contribution < 1.29 is 9.57 Å². The number of rotatable bonds is 5. The van der Waals surface area contributed by atoms with E-state index in [9.17, 15) is 0 Å². The summed E-state index contributed by atoms with van der Waals surface area (Å²) in [5.74, 6) is 0. The van der Waals surface area contributed by atoms with Gasteiger partial charge in [-0.1, -0.05) is 54.6 Å². The van der Waals surface area contributed by atoms with Gasteiger partial charge in [-0.15, -0.1) is 11.3 Å². The summed E-state index contributed by atoms with van der Waals surface area (Å²) < 4.78 is 5.67. The largest absolute Gasteiger partial charge is 0.350 e. The van der Waals surface area contributed by atoms with Crippen molar-refractivity contribution in [2.45, 2.75) is 51.2 Å². The first-order chi connectivity index (χ1) is 18.3. The summed E-state index contributed by atoms with van der Waals surface area (Å²) in [7, 11) is 0. The highest BCUT2D eigenvalue weighted by atomic mass is 32.1.